The molecule has 4 rings (SSSR count). The number of halogens is 2. The number of benzene rings is 3. The van der Waals surface area contributed by atoms with E-state index in [9.17, 15) is 22.4 Å². The second-order valence-electron chi connectivity index (χ2n) is 10.2. The number of carbonyl (C=O) groups excluding carboxylic acids is 2. The molecule has 1 saturated carbocycles. The smallest absolute Gasteiger partial charge is 0.264 e. The first-order valence-electron chi connectivity index (χ1n) is 13.9. The van der Waals surface area contributed by atoms with E-state index in [-0.39, 0.29) is 34.1 Å². The van der Waals surface area contributed by atoms with Gasteiger partial charge in [-0.3, -0.25) is 13.9 Å². The standard InChI is InChI=1S/C31H35ClFN3O4S/c1-2-29(31(38)34-24-14-8-4-9-15-24)35(21-23-12-6-3-7-13-23)30(37)22-36(25-18-19-28(33)27(32)20-25)41(39,40)26-16-10-5-11-17-26/h3,5-7,10-13,16-20,24,29H,2,4,8-9,14-15,21-22H2,1H3,(H,34,38)/t29-/m1/s1. The summed E-state index contributed by atoms with van der Waals surface area (Å²) in [5.41, 5.74) is 0.833. The van der Waals surface area contributed by atoms with Crippen molar-refractivity contribution in [3.63, 3.8) is 0 Å². The maximum atomic E-state index is 14.1. The number of amides is 2. The first-order valence-corrected chi connectivity index (χ1v) is 15.7. The van der Waals surface area contributed by atoms with Crippen molar-refractivity contribution in [2.24, 2.45) is 0 Å². The SMILES string of the molecule is CC[C@H](C(=O)NC1CCCCC1)N(Cc1ccccc1)C(=O)CN(c1ccc(F)c(Cl)c1)S(=O)(=O)c1ccccc1. The van der Waals surface area contributed by atoms with Crippen LogP contribution in [0.4, 0.5) is 10.1 Å². The number of carbonyl (C=O) groups is 2. The molecule has 0 aliphatic heterocycles. The lowest BCUT2D eigenvalue weighted by molar-refractivity contribution is -0.140. The van der Waals surface area contributed by atoms with Crippen molar-refractivity contribution >= 4 is 39.1 Å². The highest BCUT2D eigenvalue weighted by Gasteiger charge is 2.34. The molecule has 2 amide bonds. The van der Waals surface area contributed by atoms with E-state index in [0.29, 0.717) is 6.42 Å². The van der Waals surface area contributed by atoms with Crippen molar-refractivity contribution in [2.45, 2.75) is 69.0 Å². The van der Waals surface area contributed by atoms with Gasteiger partial charge in [-0.05, 0) is 55.2 Å². The number of hydrogen-bond acceptors (Lipinski definition) is 4. The predicted octanol–water partition coefficient (Wildman–Crippen LogP) is 5.93. The van der Waals surface area contributed by atoms with Gasteiger partial charge in [0.15, 0.2) is 0 Å². The van der Waals surface area contributed by atoms with Gasteiger partial charge in [-0.2, -0.15) is 0 Å². The summed E-state index contributed by atoms with van der Waals surface area (Å²) in [6.45, 7) is 1.33. The Labute approximate surface area is 246 Å². The molecule has 1 aliphatic rings. The molecule has 10 heteroatoms. The molecule has 218 valence electrons. The molecule has 3 aromatic carbocycles. The Morgan fingerprint density at radius 2 is 1.61 bits per heavy atom. The molecule has 1 N–H and O–H groups in total. The summed E-state index contributed by atoms with van der Waals surface area (Å²) in [4.78, 5) is 29.0. The lowest BCUT2D eigenvalue weighted by Gasteiger charge is -2.34. The summed E-state index contributed by atoms with van der Waals surface area (Å²) >= 11 is 6.02. The fourth-order valence-electron chi connectivity index (χ4n) is 5.13. The van der Waals surface area contributed by atoms with Crippen molar-refractivity contribution < 1.29 is 22.4 Å². The zero-order valence-corrected chi connectivity index (χ0v) is 24.6. The molecule has 7 nitrogen and oxygen atoms in total. The lowest BCUT2D eigenvalue weighted by Crippen LogP contribution is -2.54. The van der Waals surface area contributed by atoms with E-state index in [4.69, 9.17) is 11.6 Å². The Morgan fingerprint density at radius 3 is 2.22 bits per heavy atom. The quantitative estimate of drug-likeness (QED) is 0.296. The molecule has 0 heterocycles. The monoisotopic (exact) mass is 599 g/mol. The van der Waals surface area contributed by atoms with Gasteiger partial charge < -0.3 is 10.2 Å². The Kier molecular flexibility index (Phi) is 10.4. The maximum absolute atomic E-state index is 14.1. The second kappa shape index (κ2) is 14.0. The number of hydrogen-bond donors (Lipinski definition) is 1. The van der Waals surface area contributed by atoms with E-state index in [1.807, 2.05) is 37.3 Å². The van der Waals surface area contributed by atoms with E-state index in [1.54, 1.807) is 18.2 Å². The van der Waals surface area contributed by atoms with Crippen molar-refractivity contribution in [3.8, 4) is 0 Å². The van der Waals surface area contributed by atoms with Crippen LogP contribution in [0.15, 0.2) is 83.8 Å². The van der Waals surface area contributed by atoms with Gasteiger partial charge in [0, 0.05) is 12.6 Å². The first-order chi connectivity index (χ1) is 19.7. The van der Waals surface area contributed by atoms with Crippen LogP contribution in [-0.2, 0) is 26.2 Å². The Bertz CT molecular complexity index is 1430. The van der Waals surface area contributed by atoms with Crippen molar-refractivity contribution in [1.82, 2.24) is 10.2 Å². The van der Waals surface area contributed by atoms with E-state index in [0.717, 1.165) is 48.0 Å². The van der Waals surface area contributed by atoms with Crippen LogP contribution in [0, 0.1) is 5.82 Å². The fraction of sp³-hybridized carbons (Fsp3) is 0.355. The molecule has 41 heavy (non-hydrogen) atoms. The first kappa shape index (κ1) is 30.5. The van der Waals surface area contributed by atoms with Gasteiger partial charge in [-0.1, -0.05) is 86.3 Å². The predicted molar refractivity (Wildman–Crippen MR) is 158 cm³/mol. The Morgan fingerprint density at radius 1 is 0.976 bits per heavy atom. The van der Waals surface area contributed by atoms with Gasteiger partial charge in [0.1, 0.15) is 18.4 Å². The molecule has 1 aliphatic carbocycles. The molecule has 0 spiro atoms. The number of nitrogens with zero attached hydrogens (tertiary/aromatic N) is 2. The summed E-state index contributed by atoms with van der Waals surface area (Å²) in [5.74, 6) is -1.54. The topological polar surface area (TPSA) is 86.8 Å². The van der Waals surface area contributed by atoms with Gasteiger partial charge >= 0.3 is 0 Å². The minimum absolute atomic E-state index is 0.0352. The van der Waals surface area contributed by atoms with Crippen LogP contribution in [0.2, 0.25) is 5.02 Å². The van der Waals surface area contributed by atoms with Crippen molar-refractivity contribution in [2.75, 3.05) is 10.8 Å². The summed E-state index contributed by atoms with van der Waals surface area (Å²) in [5, 5.41) is 2.85. The van der Waals surface area contributed by atoms with Crippen LogP contribution in [-0.4, -0.2) is 43.8 Å². The third-order valence-corrected chi connectivity index (χ3v) is 9.41. The van der Waals surface area contributed by atoms with Gasteiger partial charge in [0.2, 0.25) is 11.8 Å². The highest BCUT2D eigenvalue weighted by atomic mass is 35.5. The third-order valence-electron chi connectivity index (χ3n) is 7.33. The van der Waals surface area contributed by atoms with Crippen LogP contribution >= 0.6 is 11.6 Å². The summed E-state index contributed by atoms with van der Waals surface area (Å²) in [6, 6.07) is 19.7. The number of sulfonamides is 1. The zero-order chi connectivity index (χ0) is 29.4. The van der Waals surface area contributed by atoms with Crippen molar-refractivity contribution in [1.29, 1.82) is 0 Å². The molecular weight excluding hydrogens is 565 g/mol. The Balaban J connectivity index is 1.70. The summed E-state index contributed by atoms with van der Waals surface area (Å²) in [7, 11) is -4.26. The maximum Gasteiger partial charge on any atom is 0.264 e. The van der Waals surface area contributed by atoms with Crippen LogP contribution in [0.5, 0.6) is 0 Å². The minimum atomic E-state index is -4.26. The molecule has 0 unspecified atom stereocenters. The number of nitrogens with one attached hydrogen (secondary N) is 1. The molecule has 1 fully saturated rings. The molecule has 3 aromatic rings. The van der Waals surface area contributed by atoms with Gasteiger partial charge in [-0.25, -0.2) is 12.8 Å². The minimum Gasteiger partial charge on any atom is -0.352 e. The molecule has 0 radical (unpaired) electrons. The Hall–Kier alpha value is -3.43. The van der Waals surface area contributed by atoms with Crippen LogP contribution in [0.3, 0.4) is 0 Å². The summed E-state index contributed by atoms with van der Waals surface area (Å²) in [6.07, 6.45) is 5.35. The molecule has 0 saturated heterocycles. The second-order valence-corrected chi connectivity index (χ2v) is 12.5. The fourth-order valence-corrected chi connectivity index (χ4v) is 6.73. The third kappa shape index (κ3) is 7.65. The molecule has 0 bridgehead atoms. The zero-order valence-electron chi connectivity index (χ0n) is 23.0. The highest BCUT2D eigenvalue weighted by molar-refractivity contribution is 7.92. The highest BCUT2D eigenvalue weighted by Crippen LogP contribution is 2.28. The van der Waals surface area contributed by atoms with E-state index < -0.39 is 34.3 Å². The normalized spacial score (nSPS) is 14.7. The van der Waals surface area contributed by atoms with Gasteiger partial charge in [-0.15, -0.1) is 0 Å². The van der Waals surface area contributed by atoms with E-state index in [1.165, 1.54) is 29.2 Å². The summed E-state index contributed by atoms with van der Waals surface area (Å²) < 4.78 is 42.6. The molecular formula is C31H35ClFN3O4S. The molecule has 0 aromatic heterocycles. The number of rotatable bonds is 11. The molecule has 1 atom stereocenters. The van der Waals surface area contributed by atoms with Crippen molar-refractivity contribution in [3.05, 3.63) is 95.3 Å². The average Bonchev–Trinajstić information content (AvgIpc) is 2.98. The van der Waals surface area contributed by atoms with Crippen LogP contribution in [0.1, 0.15) is 51.0 Å². The van der Waals surface area contributed by atoms with Gasteiger partial charge in [0.05, 0.1) is 15.6 Å². The van der Waals surface area contributed by atoms with Gasteiger partial charge in [0.25, 0.3) is 10.0 Å². The van der Waals surface area contributed by atoms with Crippen LogP contribution < -0.4 is 9.62 Å². The average molecular weight is 600 g/mol. The van der Waals surface area contributed by atoms with E-state index >= 15 is 0 Å². The number of anilines is 1. The van der Waals surface area contributed by atoms with Crippen LogP contribution in [0.25, 0.3) is 0 Å². The largest absolute Gasteiger partial charge is 0.352 e. The lowest BCUT2D eigenvalue weighted by atomic mass is 9.95. The van der Waals surface area contributed by atoms with E-state index in [2.05, 4.69) is 5.32 Å².